The van der Waals surface area contributed by atoms with Gasteiger partial charge in [-0.2, -0.15) is 0 Å². The number of ether oxygens (including phenoxy) is 2. The largest absolute Gasteiger partial charge is 0.456 e. The number of piperidine rings is 1. The van der Waals surface area contributed by atoms with Crippen molar-refractivity contribution in [1.82, 2.24) is 14.5 Å². The van der Waals surface area contributed by atoms with Gasteiger partial charge in [0.25, 0.3) is 21.6 Å². The molecule has 2 aliphatic heterocycles. The van der Waals surface area contributed by atoms with Gasteiger partial charge < -0.3 is 19.7 Å². The highest BCUT2D eigenvalue weighted by Gasteiger charge is 2.57. The van der Waals surface area contributed by atoms with Crippen molar-refractivity contribution < 1.29 is 27.6 Å². The second kappa shape index (κ2) is 20.0. The van der Waals surface area contributed by atoms with Gasteiger partial charge in [-0.3, -0.25) is 24.7 Å². The maximum Gasteiger partial charge on any atom is 0.293 e. The van der Waals surface area contributed by atoms with E-state index in [9.17, 15) is 23.3 Å². The standard InChI is InChI=1S/C50H64N6O7S/c1-36-44-32-38(50(44,2)3)33-46(36)55(25-10-14-37-12-6-4-7-13-37)39-21-26-54(27-22-39)40-17-19-43(48(34-40)63-41-15-8-5-9-16-41)49(57)52-64(60,61)42-18-20-45(47(35-42)56(58)59)51-23-11-24-53-28-30-62-31-29-53/h4-9,12-13,15-20,34-36,38-39,44,46,51H,10-11,14,21-33H2,1-3H3,(H,52,57)/t36-,38+,44?,46-/m0/s1. The molecule has 9 rings (SSSR count). The average molecular weight is 893 g/mol. The van der Waals surface area contributed by atoms with Crippen LogP contribution in [0, 0.1) is 33.3 Å². The Morgan fingerprint density at radius 2 is 1.64 bits per heavy atom. The summed E-state index contributed by atoms with van der Waals surface area (Å²) >= 11 is 0. The molecule has 1 unspecified atom stereocenters. The highest BCUT2D eigenvalue weighted by Crippen LogP contribution is 2.62. The van der Waals surface area contributed by atoms with Crippen LogP contribution >= 0.6 is 0 Å². The fourth-order valence-corrected chi connectivity index (χ4v) is 11.9. The third kappa shape index (κ3) is 10.4. The minimum Gasteiger partial charge on any atom is -0.456 e. The van der Waals surface area contributed by atoms with Gasteiger partial charge in [-0.1, -0.05) is 69.3 Å². The van der Waals surface area contributed by atoms with Crippen LogP contribution in [0.2, 0.25) is 0 Å². The molecule has 13 nitrogen and oxygen atoms in total. The van der Waals surface area contributed by atoms with E-state index in [1.807, 2.05) is 30.3 Å². The van der Waals surface area contributed by atoms with Crippen LogP contribution in [0.5, 0.6) is 11.5 Å². The maximum absolute atomic E-state index is 13.9. The van der Waals surface area contributed by atoms with Crippen LogP contribution in [0.15, 0.2) is 102 Å². The molecule has 2 saturated heterocycles. The second-order valence-electron chi connectivity index (χ2n) is 18.8. The van der Waals surface area contributed by atoms with Gasteiger partial charge in [0.2, 0.25) is 0 Å². The molecule has 4 atom stereocenters. The molecule has 4 aromatic carbocycles. The molecule has 3 aliphatic carbocycles. The highest BCUT2D eigenvalue weighted by molar-refractivity contribution is 7.90. The van der Waals surface area contributed by atoms with E-state index in [4.69, 9.17) is 9.47 Å². The van der Waals surface area contributed by atoms with Crippen molar-refractivity contribution in [2.45, 2.75) is 82.7 Å². The quantitative estimate of drug-likeness (QED) is 0.0563. The third-order valence-electron chi connectivity index (χ3n) is 14.7. The van der Waals surface area contributed by atoms with Gasteiger partial charge in [0.05, 0.1) is 28.6 Å². The number of carbonyl (C=O) groups is 1. The fraction of sp³-hybridized carbons (Fsp3) is 0.500. The van der Waals surface area contributed by atoms with Crippen LogP contribution in [0.25, 0.3) is 0 Å². The van der Waals surface area contributed by atoms with Crippen molar-refractivity contribution in [3.63, 3.8) is 0 Å². The van der Waals surface area contributed by atoms with E-state index in [0.29, 0.717) is 48.9 Å². The van der Waals surface area contributed by atoms with E-state index < -0.39 is 31.4 Å². The number of rotatable bonds is 18. The van der Waals surface area contributed by atoms with Crippen LogP contribution in [-0.2, 0) is 21.2 Å². The zero-order valence-electron chi connectivity index (χ0n) is 37.5. The van der Waals surface area contributed by atoms with Gasteiger partial charge >= 0.3 is 0 Å². The monoisotopic (exact) mass is 892 g/mol. The molecule has 5 aliphatic rings. The number of nitrogens with one attached hydrogen (secondary N) is 2. The molecule has 0 spiro atoms. The molecule has 0 radical (unpaired) electrons. The first-order valence-electron chi connectivity index (χ1n) is 23.2. The van der Waals surface area contributed by atoms with E-state index in [0.717, 1.165) is 95.0 Å². The Kier molecular flexibility index (Phi) is 14.2. The lowest BCUT2D eigenvalue weighted by Crippen LogP contribution is -2.63. The number of carbonyl (C=O) groups excluding carboxylic acids is 1. The Morgan fingerprint density at radius 1 is 0.922 bits per heavy atom. The Labute approximate surface area is 378 Å². The van der Waals surface area contributed by atoms with Crippen molar-refractivity contribution in [3.05, 3.63) is 118 Å². The Bertz CT molecular complexity index is 2330. The Hall–Kier alpha value is -5.02. The van der Waals surface area contributed by atoms with E-state index in [2.05, 4.69) is 75.8 Å². The van der Waals surface area contributed by atoms with E-state index >= 15 is 0 Å². The van der Waals surface area contributed by atoms with Crippen LogP contribution in [-0.4, -0.2) is 100 Å². The summed E-state index contributed by atoms with van der Waals surface area (Å²) in [5.74, 6) is 2.01. The normalized spacial score (nSPS) is 22.4. The number of nitro benzene ring substituents is 1. The number of fused-ring (bicyclic) bond motifs is 2. The summed E-state index contributed by atoms with van der Waals surface area (Å²) in [6.45, 7) is 14.5. The minimum absolute atomic E-state index is 0.0245. The molecular formula is C50H64N6O7S. The van der Waals surface area contributed by atoms with E-state index in [-0.39, 0.29) is 17.0 Å². The first-order valence-corrected chi connectivity index (χ1v) is 24.7. The molecule has 5 fully saturated rings. The molecule has 2 N–H and O–H groups in total. The first-order chi connectivity index (χ1) is 30.9. The lowest BCUT2D eigenvalue weighted by atomic mass is 9.44. The Morgan fingerprint density at radius 3 is 2.33 bits per heavy atom. The number of sulfonamides is 1. The molecule has 3 saturated carbocycles. The van der Waals surface area contributed by atoms with Gasteiger partial charge in [0.1, 0.15) is 17.2 Å². The minimum atomic E-state index is -4.52. The highest BCUT2D eigenvalue weighted by atomic mass is 32.2. The number of hydrogen-bond donors (Lipinski definition) is 2. The van der Waals surface area contributed by atoms with Crippen LogP contribution < -0.4 is 19.7 Å². The predicted molar refractivity (Wildman–Crippen MR) is 251 cm³/mol. The van der Waals surface area contributed by atoms with E-state index in [1.165, 1.54) is 30.5 Å². The number of anilines is 2. The number of morpholine rings is 1. The summed E-state index contributed by atoms with van der Waals surface area (Å²) < 4.78 is 41.2. The number of aryl methyl sites for hydroxylation is 1. The number of nitrogens with zero attached hydrogens (tertiary/aromatic N) is 4. The van der Waals surface area contributed by atoms with Gasteiger partial charge in [-0.15, -0.1) is 0 Å². The SMILES string of the molecule is C[C@H]1C2C[C@H](C[C@@H]1N(CCCc1ccccc1)C1CCN(c3ccc(C(=O)NS(=O)(=O)c4ccc(NCCCN5CCOCC5)c([N+](=O)[O-])c4)c(Oc4ccccc4)c3)CC1)C2(C)C. The molecule has 342 valence electrons. The molecule has 14 heteroatoms. The molecule has 2 heterocycles. The summed E-state index contributed by atoms with van der Waals surface area (Å²) in [6.07, 6.45) is 7.59. The molecule has 64 heavy (non-hydrogen) atoms. The molecule has 1 amide bonds. The lowest BCUT2D eigenvalue weighted by molar-refractivity contribution is -0.384. The van der Waals surface area contributed by atoms with Crippen LogP contribution in [0.3, 0.4) is 0 Å². The van der Waals surface area contributed by atoms with Crippen molar-refractivity contribution in [2.75, 3.05) is 69.2 Å². The number of para-hydroxylation sites is 1. The summed E-state index contributed by atoms with van der Waals surface area (Å²) in [5.41, 5.74) is 2.53. The molecule has 0 aromatic heterocycles. The summed E-state index contributed by atoms with van der Waals surface area (Å²) in [7, 11) is -4.52. The molecule has 2 bridgehead atoms. The van der Waals surface area contributed by atoms with Crippen LogP contribution in [0.1, 0.15) is 75.2 Å². The van der Waals surface area contributed by atoms with Crippen molar-refractivity contribution >= 4 is 33.0 Å². The fourth-order valence-electron chi connectivity index (χ4n) is 10.9. The smallest absolute Gasteiger partial charge is 0.293 e. The lowest BCUT2D eigenvalue weighted by Gasteiger charge is -2.64. The molecule has 4 aromatic rings. The zero-order valence-corrected chi connectivity index (χ0v) is 38.3. The number of amides is 1. The topological polar surface area (TPSA) is 147 Å². The average Bonchev–Trinajstić information content (AvgIpc) is 3.30. The molecular weight excluding hydrogens is 829 g/mol. The summed E-state index contributed by atoms with van der Waals surface area (Å²) in [5, 5.41) is 15.2. The Balaban J connectivity index is 0.953. The van der Waals surface area contributed by atoms with Gasteiger partial charge in [-0.05, 0) is 123 Å². The van der Waals surface area contributed by atoms with Crippen LogP contribution in [0.4, 0.5) is 17.1 Å². The maximum atomic E-state index is 13.9. The second-order valence-corrected chi connectivity index (χ2v) is 20.5. The summed E-state index contributed by atoms with van der Waals surface area (Å²) in [4.78, 5) is 32.5. The van der Waals surface area contributed by atoms with Gasteiger partial charge in [0, 0.05) is 62.6 Å². The van der Waals surface area contributed by atoms with Crippen molar-refractivity contribution in [1.29, 1.82) is 0 Å². The number of hydrogen-bond acceptors (Lipinski definition) is 11. The predicted octanol–water partition coefficient (Wildman–Crippen LogP) is 8.61. The van der Waals surface area contributed by atoms with Crippen molar-refractivity contribution in [2.24, 2.45) is 23.2 Å². The number of nitro groups is 1. The van der Waals surface area contributed by atoms with Gasteiger partial charge in [0.15, 0.2) is 0 Å². The summed E-state index contributed by atoms with van der Waals surface area (Å²) in [6, 6.07) is 29.8. The zero-order chi connectivity index (χ0) is 44.8. The van der Waals surface area contributed by atoms with E-state index in [1.54, 1.807) is 18.2 Å². The van der Waals surface area contributed by atoms with Gasteiger partial charge in [-0.25, -0.2) is 13.1 Å². The number of benzene rings is 4. The third-order valence-corrected chi connectivity index (χ3v) is 16.0. The van der Waals surface area contributed by atoms with Crippen molar-refractivity contribution in [3.8, 4) is 11.5 Å². The first kappa shape index (κ1) is 45.5.